The molecule has 0 spiro atoms. The maximum Gasteiger partial charge on any atom is 0.119 e. The minimum Gasteiger partial charge on any atom is -0.491 e. The summed E-state index contributed by atoms with van der Waals surface area (Å²) in [4.78, 5) is 2.20. The first-order chi connectivity index (χ1) is 9.87. The van der Waals surface area contributed by atoms with Gasteiger partial charge in [-0.2, -0.15) is 0 Å². The highest BCUT2D eigenvalue weighted by Crippen LogP contribution is 2.27. The molecule has 1 aromatic carbocycles. The van der Waals surface area contributed by atoms with Gasteiger partial charge in [0, 0.05) is 19.6 Å². The molecule has 1 aliphatic heterocycles. The molecule has 0 radical (unpaired) electrons. The Balaban J connectivity index is 1.92. The fourth-order valence-corrected chi connectivity index (χ4v) is 2.70. The predicted octanol–water partition coefficient (Wildman–Crippen LogP) is 2.14. The van der Waals surface area contributed by atoms with Gasteiger partial charge in [-0.15, -0.1) is 0 Å². The van der Waals surface area contributed by atoms with Gasteiger partial charge in [0.2, 0.25) is 0 Å². The van der Waals surface area contributed by atoms with E-state index in [2.05, 4.69) is 4.90 Å². The van der Waals surface area contributed by atoms with E-state index in [0.717, 1.165) is 37.4 Å². The zero-order chi connectivity index (χ0) is 15.5. The Labute approximate surface area is 127 Å². The number of aliphatic hydroxyl groups excluding tert-OH is 1. The Kier molecular flexibility index (Phi) is 5.25. The van der Waals surface area contributed by atoms with Gasteiger partial charge in [-0.05, 0) is 51.3 Å². The van der Waals surface area contributed by atoms with Gasteiger partial charge in [0.05, 0.1) is 17.8 Å². The molecule has 0 amide bonds. The van der Waals surface area contributed by atoms with Crippen LogP contribution in [0.15, 0.2) is 24.3 Å². The Hall–Kier alpha value is -1.10. The number of benzene rings is 1. The molecule has 1 fully saturated rings. The molecule has 118 valence electrons. The van der Waals surface area contributed by atoms with Crippen LogP contribution in [0.5, 0.6) is 5.75 Å². The maximum atomic E-state index is 10.7. The number of β-amino-alcohol motifs (C(OH)–C–C–N with tert-alkyl or cyclic N) is 1. The molecule has 2 atom stereocenters. The molecule has 1 unspecified atom stereocenters. The molecule has 4 nitrogen and oxygen atoms in total. The van der Waals surface area contributed by atoms with Gasteiger partial charge < -0.3 is 19.8 Å². The summed E-state index contributed by atoms with van der Waals surface area (Å²) in [6.07, 6.45) is 1.44. The summed E-state index contributed by atoms with van der Waals surface area (Å²) < 4.78 is 5.62. The van der Waals surface area contributed by atoms with E-state index in [9.17, 15) is 10.2 Å². The molecule has 0 aliphatic carbocycles. The molecule has 21 heavy (non-hydrogen) atoms. The second-order valence-corrected chi connectivity index (χ2v) is 6.46. The molecule has 2 N–H and O–H groups in total. The van der Waals surface area contributed by atoms with Crippen molar-refractivity contribution in [3.8, 4) is 5.75 Å². The Morgan fingerprint density at radius 3 is 2.52 bits per heavy atom. The summed E-state index contributed by atoms with van der Waals surface area (Å²) in [5.41, 5.74) is 0.0440. The van der Waals surface area contributed by atoms with E-state index >= 15 is 0 Å². The van der Waals surface area contributed by atoms with Crippen molar-refractivity contribution >= 4 is 0 Å². The molecule has 1 heterocycles. The van der Waals surface area contributed by atoms with E-state index in [4.69, 9.17) is 4.74 Å². The first kappa shape index (κ1) is 16.3. The first-order valence-corrected chi connectivity index (χ1v) is 7.77. The fourth-order valence-electron chi connectivity index (χ4n) is 2.70. The monoisotopic (exact) mass is 293 g/mol. The van der Waals surface area contributed by atoms with Gasteiger partial charge in [0.1, 0.15) is 5.75 Å². The van der Waals surface area contributed by atoms with E-state index in [-0.39, 0.29) is 12.2 Å². The lowest BCUT2D eigenvalue weighted by atomic mass is 9.92. The van der Waals surface area contributed by atoms with Crippen LogP contribution in [-0.2, 0) is 5.60 Å². The minimum atomic E-state index is -0.857. The molecule has 1 aromatic rings. The van der Waals surface area contributed by atoms with E-state index in [1.807, 2.05) is 45.0 Å². The third kappa shape index (κ3) is 4.70. The zero-order valence-corrected chi connectivity index (χ0v) is 13.2. The molecular formula is C17H27NO3. The highest BCUT2D eigenvalue weighted by molar-refractivity contribution is 5.30. The lowest BCUT2D eigenvalue weighted by molar-refractivity contribution is 0.0368. The van der Waals surface area contributed by atoms with Crippen LogP contribution in [0.1, 0.15) is 39.2 Å². The summed E-state index contributed by atoms with van der Waals surface area (Å²) in [7, 11) is 0. The van der Waals surface area contributed by atoms with E-state index in [1.165, 1.54) is 0 Å². The molecule has 0 bridgehead atoms. The average molecular weight is 293 g/mol. The Bertz CT molecular complexity index is 442. The van der Waals surface area contributed by atoms with Crippen LogP contribution < -0.4 is 4.74 Å². The maximum absolute atomic E-state index is 10.7. The van der Waals surface area contributed by atoms with Crippen LogP contribution in [-0.4, -0.2) is 47.0 Å². The van der Waals surface area contributed by atoms with Gasteiger partial charge in [0.25, 0.3) is 0 Å². The van der Waals surface area contributed by atoms with Crippen molar-refractivity contribution in [3.05, 3.63) is 29.8 Å². The number of rotatable bonds is 6. The third-order valence-corrected chi connectivity index (χ3v) is 4.01. The predicted molar refractivity (Wildman–Crippen MR) is 83.5 cm³/mol. The van der Waals surface area contributed by atoms with Gasteiger partial charge in [0.15, 0.2) is 0 Å². The van der Waals surface area contributed by atoms with Crippen molar-refractivity contribution in [3.63, 3.8) is 0 Å². The normalized spacial score (nSPS) is 22.5. The van der Waals surface area contributed by atoms with Gasteiger partial charge >= 0.3 is 0 Å². The minimum absolute atomic E-state index is 0.151. The van der Waals surface area contributed by atoms with Gasteiger partial charge in [-0.25, -0.2) is 0 Å². The summed E-state index contributed by atoms with van der Waals surface area (Å²) in [6.45, 7) is 8.27. The van der Waals surface area contributed by atoms with Crippen molar-refractivity contribution < 1.29 is 14.9 Å². The van der Waals surface area contributed by atoms with Crippen molar-refractivity contribution in [1.82, 2.24) is 4.90 Å². The molecular weight excluding hydrogens is 266 g/mol. The summed E-state index contributed by atoms with van der Waals surface area (Å²) in [5.74, 6) is 0.826. The van der Waals surface area contributed by atoms with E-state index in [0.29, 0.717) is 6.42 Å². The standard InChI is InChI=1S/C17H27NO3/c1-13(2)21-16-6-4-14(5-7-16)17(3,20)9-11-18-10-8-15(19)12-18/h4-7,13,15,19-20H,8-12H2,1-3H3/t15-,17?/m0/s1. The summed E-state index contributed by atoms with van der Waals surface area (Å²) in [5, 5.41) is 20.2. The Morgan fingerprint density at radius 2 is 2.00 bits per heavy atom. The first-order valence-electron chi connectivity index (χ1n) is 7.77. The molecule has 2 rings (SSSR count). The molecule has 0 aromatic heterocycles. The van der Waals surface area contributed by atoms with Crippen molar-refractivity contribution in [2.75, 3.05) is 19.6 Å². The van der Waals surface area contributed by atoms with Crippen molar-refractivity contribution in [2.24, 2.45) is 0 Å². The van der Waals surface area contributed by atoms with Crippen LogP contribution in [0.4, 0.5) is 0 Å². The van der Waals surface area contributed by atoms with Crippen LogP contribution in [0.3, 0.4) is 0 Å². The van der Waals surface area contributed by atoms with Gasteiger partial charge in [-0.3, -0.25) is 0 Å². The summed E-state index contributed by atoms with van der Waals surface area (Å²) in [6, 6.07) is 7.67. The van der Waals surface area contributed by atoms with Crippen LogP contribution >= 0.6 is 0 Å². The summed E-state index contributed by atoms with van der Waals surface area (Å²) >= 11 is 0. The van der Waals surface area contributed by atoms with Crippen molar-refractivity contribution in [2.45, 2.75) is 51.4 Å². The zero-order valence-electron chi connectivity index (χ0n) is 13.2. The SMILES string of the molecule is CC(C)Oc1ccc(C(C)(O)CCN2CC[C@H](O)C2)cc1. The number of ether oxygens (including phenoxy) is 1. The molecule has 1 saturated heterocycles. The Morgan fingerprint density at radius 1 is 1.33 bits per heavy atom. The number of hydrogen-bond acceptors (Lipinski definition) is 4. The lowest BCUT2D eigenvalue weighted by Gasteiger charge is -2.27. The number of likely N-dealkylation sites (tertiary alicyclic amines) is 1. The topological polar surface area (TPSA) is 52.9 Å². The van der Waals surface area contributed by atoms with E-state index < -0.39 is 5.60 Å². The molecule has 4 heteroatoms. The van der Waals surface area contributed by atoms with Crippen molar-refractivity contribution in [1.29, 1.82) is 0 Å². The molecule has 1 aliphatic rings. The van der Waals surface area contributed by atoms with Gasteiger partial charge in [-0.1, -0.05) is 12.1 Å². The third-order valence-electron chi connectivity index (χ3n) is 4.01. The highest BCUT2D eigenvalue weighted by Gasteiger charge is 2.26. The largest absolute Gasteiger partial charge is 0.491 e. The van der Waals surface area contributed by atoms with Crippen LogP contribution in [0.25, 0.3) is 0 Å². The fraction of sp³-hybridized carbons (Fsp3) is 0.647. The second kappa shape index (κ2) is 6.77. The quantitative estimate of drug-likeness (QED) is 0.844. The lowest BCUT2D eigenvalue weighted by Crippen LogP contribution is -2.30. The van der Waals surface area contributed by atoms with E-state index in [1.54, 1.807) is 0 Å². The number of aliphatic hydroxyl groups is 2. The van der Waals surface area contributed by atoms with Crippen LogP contribution in [0.2, 0.25) is 0 Å². The molecule has 0 saturated carbocycles. The van der Waals surface area contributed by atoms with Crippen LogP contribution in [0, 0.1) is 0 Å². The number of hydrogen-bond donors (Lipinski definition) is 2. The highest BCUT2D eigenvalue weighted by atomic mass is 16.5. The average Bonchev–Trinajstić information content (AvgIpc) is 2.82. The smallest absolute Gasteiger partial charge is 0.119 e. The second-order valence-electron chi connectivity index (χ2n) is 6.46. The number of nitrogens with zero attached hydrogens (tertiary/aromatic N) is 1.